The molecule has 3 N–H and O–H groups in total. The summed E-state index contributed by atoms with van der Waals surface area (Å²) in [5.41, 5.74) is -1.09. The summed E-state index contributed by atoms with van der Waals surface area (Å²) >= 11 is 1.95. The summed E-state index contributed by atoms with van der Waals surface area (Å²) in [4.78, 5) is 24.6. The molecule has 8 heteroatoms. The number of ether oxygens (including phenoxy) is 1. The molecular formula is C9H11IN2O5. The number of nitrogens with zero attached hydrogens (tertiary/aromatic N) is 1. The largest absolute Gasteiger partial charge is 0.394 e. The van der Waals surface area contributed by atoms with Crippen molar-refractivity contribution in [3.63, 3.8) is 0 Å². The summed E-state index contributed by atoms with van der Waals surface area (Å²) in [6.07, 6.45) is -0.971. The van der Waals surface area contributed by atoms with E-state index in [-0.39, 0.29) is 10.5 Å². The lowest BCUT2D eigenvalue weighted by Crippen LogP contribution is -2.35. The van der Waals surface area contributed by atoms with Gasteiger partial charge in [-0.3, -0.25) is 14.3 Å². The van der Waals surface area contributed by atoms with Crippen molar-refractivity contribution in [3.8, 4) is 0 Å². The first kappa shape index (κ1) is 12.7. The van der Waals surface area contributed by atoms with E-state index < -0.39 is 29.7 Å². The lowest BCUT2D eigenvalue weighted by molar-refractivity contribution is -0.0456. The lowest BCUT2D eigenvalue weighted by atomic mass is 10.2. The molecule has 0 spiro atoms. The SMILES string of the molecule is O=c1ccn([C@@H]2O[C@H](CO)C(O)C2I)c(=O)[nH]1. The molecule has 1 aliphatic heterocycles. The molecule has 17 heavy (non-hydrogen) atoms. The van der Waals surface area contributed by atoms with E-state index in [0.717, 1.165) is 0 Å². The van der Waals surface area contributed by atoms with E-state index >= 15 is 0 Å². The third-order valence-corrected chi connectivity index (χ3v) is 3.95. The van der Waals surface area contributed by atoms with Gasteiger partial charge in [-0.1, -0.05) is 22.6 Å². The summed E-state index contributed by atoms with van der Waals surface area (Å²) in [6.45, 7) is -0.324. The number of aliphatic hydroxyl groups is 2. The third-order valence-electron chi connectivity index (χ3n) is 2.60. The number of nitrogens with one attached hydrogen (secondary N) is 1. The van der Waals surface area contributed by atoms with Crippen LogP contribution < -0.4 is 11.2 Å². The molecule has 7 nitrogen and oxygen atoms in total. The van der Waals surface area contributed by atoms with Gasteiger partial charge in [0.1, 0.15) is 6.10 Å². The highest BCUT2D eigenvalue weighted by atomic mass is 127. The van der Waals surface area contributed by atoms with Crippen LogP contribution >= 0.6 is 22.6 Å². The molecule has 1 saturated heterocycles. The van der Waals surface area contributed by atoms with Crippen LogP contribution in [0.25, 0.3) is 0 Å². The van der Waals surface area contributed by atoms with E-state index in [4.69, 9.17) is 9.84 Å². The number of hydrogen-bond donors (Lipinski definition) is 3. The van der Waals surface area contributed by atoms with Crippen molar-refractivity contribution < 1.29 is 14.9 Å². The fraction of sp³-hybridized carbons (Fsp3) is 0.556. The Labute approximate surface area is 109 Å². The Bertz CT molecular complexity index is 513. The van der Waals surface area contributed by atoms with Gasteiger partial charge in [-0.2, -0.15) is 0 Å². The fourth-order valence-corrected chi connectivity index (χ4v) is 2.69. The average molecular weight is 354 g/mol. The van der Waals surface area contributed by atoms with Gasteiger partial charge in [0.2, 0.25) is 0 Å². The van der Waals surface area contributed by atoms with Crippen LogP contribution in [-0.4, -0.2) is 42.5 Å². The zero-order valence-electron chi connectivity index (χ0n) is 8.62. The summed E-state index contributed by atoms with van der Waals surface area (Å²) < 4.78 is 6.19. The van der Waals surface area contributed by atoms with E-state index in [2.05, 4.69) is 4.98 Å². The van der Waals surface area contributed by atoms with E-state index in [1.54, 1.807) is 0 Å². The summed E-state index contributed by atoms with van der Waals surface area (Å²) in [5, 5.41) is 18.8. The normalized spacial score (nSPS) is 32.9. The van der Waals surface area contributed by atoms with Crippen molar-refractivity contribution >= 4 is 22.6 Å². The average Bonchev–Trinajstić information content (AvgIpc) is 2.57. The van der Waals surface area contributed by atoms with E-state index in [9.17, 15) is 14.7 Å². The number of hydrogen-bond acceptors (Lipinski definition) is 5. The van der Waals surface area contributed by atoms with Gasteiger partial charge in [0.05, 0.1) is 16.6 Å². The van der Waals surface area contributed by atoms with E-state index in [0.29, 0.717) is 0 Å². The summed E-state index contributed by atoms with van der Waals surface area (Å²) in [5.74, 6) is 0. The van der Waals surface area contributed by atoms with Gasteiger partial charge in [0, 0.05) is 12.3 Å². The summed E-state index contributed by atoms with van der Waals surface area (Å²) in [7, 11) is 0. The quantitative estimate of drug-likeness (QED) is 0.447. The van der Waals surface area contributed by atoms with Gasteiger partial charge >= 0.3 is 5.69 Å². The van der Waals surface area contributed by atoms with Crippen molar-refractivity contribution in [2.24, 2.45) is 0 Å². The molecule has 1 aromatic heterocycles. The number of alkyl halides is 1. The molecule has 2 heterocycles. The van der Waals surface area contributed by atoms with Gasteiger partial charge < -0.3 is 14.9 Å². The minimum atomic E-state index is -0.857. The molecule has 4 atom stereocenters. The number of halogens is 1. The van der Waals surface area contributed by atoms with Gasteiger partial charge in [-0.05, 0) is 0 Å². The molecule has 0 aliphatic carbocycles. The molecule has 1 aliphatic rings. The zero-order chi connectivity index (χ0) is 12.6. The van der Waals surface area contributed by atoms with Crippen molar-refractivity contribution in [1.29, 1.82) is 0 Å². The molecule has 0 bridgehead atoms. The topological polar surface area (TPSA) is 105 Å². The number of aromatic amines is 1. The Kier molecular flexibility index (Phi) is 3.66. The fourth-order valence-electron chi connectivity index (χ4n) is 1.71. The molecule has 2 rings (SSSR count). The molecule has 2 unspecified atom stereocenters. The predicted molar refractivity (Wildman–Crippen MR) is 66.1 cm³/mol. The Morgan fingerprint density at radius 2 is 2.24 bits per heavy atom. The van der Waals surface area contributed by atoms with Crippen molar-refractivity contribution in [2.75, 3.05) is 6.61 Å². The second-order valence-corrected chi connectivity index (χ2v) is 5.14. The van der Waals surface area contributed by atoms with Crippen LogP contribution in [-0.2, 0) is 4.74 Å². The summed E-state index contributed by atoms with van der Waals surface area (Å²) in [6, 6.07) is 1.20. The lowest BCUT2D eigenvalue weighted by Gasteiger charge is -2.16. The molecular weight excluding hydrogens is 343 g/mol. The molecule has 0 aromatic carbocycles. The number of H-pyrrole nitrogens is 1. The van der Waals surface area contributed by atoms with Gasteiger partial charge in [-0.15, -0.1) is 0 Å². The van der Waals surface area contributed by atoms with Crippen LogP contribution in [0.15, 0.2) is 21.9 Å². The maximum absolute atomic E-state index is 11.6. The number of aliphatic hydroxyl groups excluding tert-OH is 2. The predicted octanol–water partition coefficient (Wildman–Crippen LogP) is -1.41. The van der Waals surface area contributed by atoms with Gasteiger partial charge in [-0.25, -0.2) is 4.79 Å². The van der Waals surface area contributed by atoms with Crippen LogP contribution in [0, 0.1) is 0 Å². The highest BCUT2D eigenvalue weighted by Gasteiger charge is 2.43. The Morgan fingerprint density at radius 1 is 1.53 bits per heavy atom. The van der Waals surface area contributed by atoms with Crippen LogP contribution in [0.1, 0.15) is 6.23 Å². The molecule has 94 valence electrons. The van der Waals surface area contributed by atoms with Crippen LogP contribution in [0.2, 0.25) is 0 Å². The van der Waals surface area contributed by atoms with E-state index in [1.807, 2.05) is 22.6 Å². The first-order valence-corrected chi connectivity index (χ1v) is 6.19. The second kappa shape index (κ2) is 4.88. The molecule has 1 fully saturated rings. The molecule has 0 saturated carbocycles. The Morgan fingerprint density at radius 3 is 2.76 bits per heavy atom. The standard InChI is InChI=1S/C9H11IN2O5/c10-6-7(15)4(3-13)17-8(6)12-2-1-5(14)11-9(12)16/h1-2,4,6-8,13,15H,3H2,(H,11,14,16)/t4-,6?,7?,8-/m1/s1. The van der Waals surface area contributed by atoms with Crippen molar-refractivity contribution in [3.05, 3.63) is 33.1 Å². The molecule has 0 amide bonds. The van der Waals surface area contributed by atoms with Gasteiger partial charge in [0.15, 0.2) is 6.23 Å². The van der Waals surface area contributed by atoms with Crippen molar-refractivity contribution in [2.45, 2.75) is 22.4 Å². The van der Waals surface area contributed by atoms with Crippen molar-refractivity contribution in [1.82, 2.24) is 9.55 Å². The number of rotatable bonds is 2. The third kappa shape index (κ3) is 2.30. The second-order valence-electron chi connectivity index (χ2n) is 3.70. The maximum atomic E-state index is 11.6. The Hall–Kier alpha value is -0.710. The first-order valence-electron chi connectivity index (χ1n) is 4.94. The smallest absolute Gasteiger partial charge is 0.330 e. The van der Waals surface area contributed by atoms with Gasteiger partial charge in [0.25, 0.3) is 5.56 Å². The zero-order valence-corrected chi connectivity index (χ0v) is 10.8. The minimum Gasteiger partial charge on any atom is -0.394 e. The maximum Gasteiger partial charge on any atom is 0.330 e. The highest BCUT2D eigenvalue weighted by molar-refractivity contribution is 14.1. The molecule has 1 aromatic rings. The first-order chi connectivity index (χ1) is 8.04. The number of aromatic nitrogens is 2. The molecule has 0 radical (unpaired) electrons. The monoisotopic (exact) mass is 354 g/mol. The Balaban J connectivity index is 2.35. The van der Waals surface area contributed by atoms with E-state index in [1.165, 1.54) is 16.8 Å². The minimum absolute atomic E-state index is 0.324. The van der Waals surface area contributed by atoms with Crippen LogP contribution in [0.3, 0.4) is 0 Å². The van der Waals surface area contributed by atoms with Crippen LogP contribution in [0.4, 0.5) is 0 Å². The van der Waals surface area contributed by atoms with Crippen LogP contribution in [0.5, 0.6) is 0 Å². The highest BCUT2D eigenvalue weighted by Crippen LogP contribution is 2.33.